The fourth-order valence-electron chi connectivity index (χ4n) is 0.837. The van der Waals surface area contributed by atoms with E-state index in [1.54, 1.807) is 19.4 Å². The minimum absolute atomic E-state index is 0.474. The first-order valence-corrected chi connectivity index (χ1v) is 3.90. The maximum atomic E-state index is 5.37. The van der Waals surface area contributed by atoms with E-state index in [1.165, 1.54) is 0 Å². The van der Waals surface area contributed by atoms with Gasteiger partial charge in [0.25, 0.3) is 0 Å². The van der Waals surface area contributed by atoms with E-state index >= 15 is 0 Å². The molecule has 4 heteroatoms. The second-order valence-electron chi connectivity index (χ2n) is 2.35. The normalized spacial score (nSPS) is 9.42. The Balaban J connectivity index is 2.71. The molecule has 1 heterocycles. The topological polar surface area (TPSA) is 48.1 Å². The van der Waals surface area contributed by atoms with E-state index in [0.717, 1.165) is 5.56 Å². The first kappa shape index (κ1) is 8.93. The Hall–Kier alpha value is -1.16. The average Bonchev–Trinajstić information content (AvgIpc) is 2.05. The second-order valence-corrected chi connectivity index (χ2v) is 2.88. The molecule has 3 nitrogen and oxygen atoms in total. The number of thiocarbonyl (C=S) groups is 1. The third-order valence-corrected chi connectivity index (χ3v) is 1.53. The van der Waals surface area contributed by atoms with E-state index in [2.05, 4.69) is 4.98 Å². The summed E-state index contributed by atoms with van der Waals surface area (Å²) in [4.78, 5) is 4.49. The van der Waals surface area contributed by atoms with Gasteiger partial charge in [0, 0.05) is 18.7 Å². The summed E-state index contributed by atoms with van der Waals surface area (Å²) in [5, 5.41) is 0. The van der Waals surface area contributed by atoms with Gasteiger partial charge in [-0.1, -0.05) is 18.3 Å². The van der Waals surface area contributed by atoms with Gasteiger partial charge >= 0.3 is 0 Å². The molecule has 0 radical (unpaired) electrons. The summed E-state index contributed by atoms with van der Waals surface area (Å²) in [6.45, 7) is 0. The van der Waals surface area contributed by atoms with E-state index in [1.807, 2.05) is 6.07 Å². The van der Waals surface area contributed by atoms with Crippen LogP contribution in [0.3, 0.4) is 0 Å². The van der Waals surface area contributed by atoms with Crippen LogP contribution in [0.4, 0.5) is 0 Å². The number of nitrogens with two attached hydrogens (primary N) is 1. The van der Waals surface area contributed by atoms with E-state index in [-0.39, 0.29) is 0 Å². The quantitative estimate of drug-likeness (QED) is 0.706. The lowest BCUT2D eigenvalue weighted by Crippen LogP contribution is -2.11. The minimum Gasteiger partial charge on any atom is -0.481 e. The summed E-state index contributed by atoms with van der Waals surface area (Å²) in [6, 6.07) is 3.68. The molecule has 1 aromatic rings. The largest absolute Gasteiger partial charge is 0.481 e. The van der Waals surface area contributed by atoms with Crippen LogP contribution >= 0.6 is 12.2 Å². The van der Waals surface area contributed by atoms with Crippen molar-refractivity contribution in [3.8, 4) is 5.88 Å². The Morgan fingerprint density at radius 2 is 2.42 bits per heavy atom. The highest BCUT2D eigenvalue weighted by Crippen LogP contribution is 2.06. The van der Waals surface area contributed by atoms with Crippen LogP contribution in [0.5, 0.6) is 5.88 Å². The monoisotopic (exact) mass is 182 g/mol. The van der Waals surface area contributed by atoms with E-state index in [4.69, 9.17) is 22.7 Å². The van der Waals surface area contributed by atoms with Crippen molar-refractivity contribution < 1.29 is 4.74 Å². The molecule has 0 fully saturated rings. The second kappa shape index (κ2) is 4.01. The summed E-state index contributed by atoms with van der Waals surface area (Å²) in [5.74, 6) is 0.599. The highest BCUT2D eigenvalue weighted by Gasteiger charge is 1.96. The zero-order valence-electron chi connectivity index (χ0n) is 6.78. The molecule has 0 spiro atoms. The van der Waals surface area contributed by atoms with Gasteiger partial charge in [0.1, 0.15) is 0 Å². The van der Waals surface area contributed by atoms with Crippen LogP contribution in [0.15, 0.2) is 18.3 Å². The molecule has 0 saturated carbocycles. The molecular weight excluding hydrogens is 172 g/mol. The van der Waals surface area contributed by atoms with Crippen molar-refractivity contribution >= 4 is 17.2 Å². The highest BCUT2D eigenvalue weighted by molar-refractivity contribution is 7.80. The fourth-order valence-corrected chi connectivity index (χ4v) is 1.00. The van der Waals surface area contributed by atoms with Gasteiger partial charge in [0.15, 0.2) is 0 Å². The lowest BCUT2D eigenvalue weighted by molar-refractivity contribution is 0.397. The van der Waals surface area contributed by atoms with E-state index in [9.17, 15) is 0 Å². The fraction of sp³-hybridized carbons (Fsp3) is 0.250. The van der Waals surface area contributed by atoms with Crippen molar-refractivity contribution in [2.45, 2.75) is 6.42 Å². The Bertz CT molecular complexity index is 271. The predicted octanol–water partition coefficient (Wildman–Crippen LogP) is 0.919. The van der Waals surface area contributed by atoms with Crippen LogP contribution in [-0.4, -0.2) is 17.1 Å². The Labute approximate surface area is 76.6 Å². The summed E-state index contributed by atoms with van der Waals surface area (Å²) in [6.07, 6.45) is 2.30. The van der Waals surface area contributed by atoms with Crippen molar-refractivity contribution in [3.05, 3.63) is 23.9 Å². The van der Waals surface area contributed by atoms with Gasteiger partial charge in [-0.25, -0.2) is 4.98 Å². The maximum absolute atomic E-state index is 5.37. The number of nitrogens with zero attached hydrogens (tertiary/aromatic N) is 1. The molecule has 0 saturated heterocycles. The van der Waals surface area contributed by atoms with Gasteiger partial charge in [-0.3, -0.25) is 0 Å². The molecule has 1 aromatic heterocycles. The number of aromatic nitrogens is 1. The molecule has 0 atom stereocenters. The number of hydrogen-bond acceptors (Lipinski definition) is 3. The van der Waals surface area contributed by atoms with Crippen molar-refractivity contribution in [1.82, 2.24) is 4.98 Å². The van der Waals surface area contributed by atoms with Gasteiger partial charge in [0.2, 0.25) is 5.88 Å². The molecular formula is C8H10N2OS. The molecule has 0 aliphatic heterocycles. The van der Waals surface area contributed by atoms with Gasteiger partial charge < -0.3 is 10.5 Å². The van der Waals surface area contributed by atoms with Crippen molar-refractivity contribution in [1.29, 1.82) is 0 Å². The van der Waals surface area contributed by atoms with Gasteiger partial charge in [-0.05, 0) is 5.56 Å². The zero-order chi connectivity index (χ0) is 8.97. The molecule has 0 amide bonds. The van der Waals surface area contributed by atoms with Crippen LogP contribution in [0.1, 0.15) is 5.56 Å². The van der Waals surface area contributed by atoms with Crippen LogP contribution in [0, 0.1) is 0 Å². The molecule has 0 bridgehead atoms. The summed E-state index contributed by atoms with van der Waals surface area (Å²) in [5.41, 5.74) is 6.37. The lowest BCUT2D eigenvalue weighted by Gasteiger charge is -2.00. The van der Waals surface area contributed by atoms with Gasteiger partial charge in [-0.15, -0.1) is 0 Å². The predicted molar refractivity (Wildman–Crippen MR) is 51.3 cm³/mol. The number of rotatable bonds is 3. The lowest BCUT2D eigenvalue weighted by atomic mass is 10.2. The van der Waals surface area contributed by atoms with Crippen LogP contribution in [0.2, 0.25) is 0 Å². The first-order chi connectivity index (χ1) is 5.72. The van der Waals surface area contributed by atoms with Gasteiger partial charge in [0.05, 0.1) is 12.1 Å². The van der Waals surface area contributed by atoms with Crippen molar-refractivity contribution in [3.63, 3.8) is 0 Å². The summed E-state index contributed by atoms with van der Waals surface area (Å²) in [7, 11) is 1.58. The molecule has 0 aromatic carbocycles. The van der Waals surface area contributed by atoms with Crippen LogP contribution in [-0.2, 0) is 6.42 Å². The third kappa shape index (κ3) is 2.47. The molecule has 0 aliphatic rings. The van der Waals surface area contributed by atoms with Crippen LogP contribution < -0.4 is 10.5 Å². The summed E-state index contributed by atoms with van der Waals surface area (Å²) >= 11 is 4.76. The first-order valence-electron chi connectivity index (χ1n) is 3.49. The molecule has 1 rings (SSSR count). The van der Waals surface area contributed by atoms with Crippen molar-refractivity contribution in [2.24, 2.45) is 5.73 Å². The summed E-state index contributed by atoms with van der Waals surface area (Å²) < 4.78 is 4.90. The molecule has 64 valence electrons. The van der Waals surface area contributed by atoms with Crippen molar-refractivity contribution in [2.75, 3.05) is 7.11 Å². The number of hydrogen-bond donors (Lipinski definition) is 1. The van der Waals surface area contributed by atoms with Gasteiger partial charge in [-0.2, -0.15) is 0 Å². The number of pyridine rings is 1. The maximum Gasteiger partial charge on any atom is 0.212 e. The molecule has 12 heavy (non-hydrogen) atoms. The smallest absolute Gasteiger partial charge is 0.212 e. The molecule has 0 aliphatic carbocycles. The Morgan fingerprint density at radius 3 is 2.83 bits per heavy atom. The highest BCUT2D eigenvalue weighted by atomic mass is 32.1. The standard InChI is InChI=1S/C8H10N2OS/c1-11-8-3-2-6(5-10-8)4-7(9)12/h2-3,5H,4H2,1H3,(H2,9,12). The van der Waals surface area contributed by atoms with Crippen LogP contribution in [0.25, 0.3) is 0 Å². The average molecular weight is 182 g/mol. The minimum atomic E-state index is 0.474. The SMILES string of the molecule is COc1ccc(CC(N)=S)cn1. The Kier molecular flexibility index (Phi) is 2.99. The Morgan fingerprint density at radius 1 is 1.67 bits per heavy atom. The van der Waals surface area contributed by atoms with E-state index in [0.29, 0.717) is 17.3 Å². The molecule has 0 unspecified atom stereocenters. The number of ether oxygens (including phenoxy) is 1. The molecule has 2 N–H and O–H groups in total. The third-order valence-electron chi connectivity index (χ3n) is 1.39. The zero-order valence-corrected chi connectivity index (χ0v) is 7.60. The van der Waals surface area contributed by atoms with E-state index < -0.39 is 0 Å². The number of methoxy groups -OCH3 is 1.